The fraction of sp³-hybridized carbons (Fsp3) is 0.385. The van der Waals surface area contributed by atoms with E-state index < -0.39 is 0 Å². The SMILES string of the molecule is Cc1c(NN)ncnc1N(Cc1ccco1)C1CC1. The standard InChI is InChI=1S/C13H17N5O/c1-9-12(17-14)15-8-16-13(9)18(10-4-5-10)7-11-3-2-6-19-11/h2-3,6,8,10H,4-5,7,14H2,1H3,(H,15,16,17). The van der Waals surface area contributed by atoms with Gasteiger partial charge in [-0.3, -0.25) is 0 Å². The van der Waals surface area contributed by atoms with Crippen LogP contribution in [-0.4, -0.2) is 16.0 Å². The van der Waals surface area contributed by atoms with Gasteiger partial charge < -0.3 is 14.7 Å². The van der Waals surface area contributed by atoms with Gasteiger partial charge in [-0.15, -0.1) is 0 Å². The molecule has 0 aromatic carbocycles. The van der Waals surface area contributed by atoms with Gasteiger partial charge in [0.15, 0.2) is 0 Å². The number of hydrogen-bond donors (Lipinski definition) is 2. The van der Waals surface area contributed by atoms with E-state index in [1.54, 1.807) is 6.26 Å². The molecule has 2 aromatic heterocycles. The van der Waals surface area contributed by atoms with Crippen molar-refractivity contribution in [3.05, 3.63) is 36.0 Å². The normalized spacial score (nSPS) is 14.4. The molecule has 1 aliphatic carbocycles. The van der Waals surface area contributed by atoms with Crippen molar-refractivity contribution in [1.29, 1.82) is 0 Å². The second kappa shape index (κ2) is 4.89. The van der Waals surface area contributed by atoms with Crippen LogP contribution in [0.25, 0.3) is 0 Å². The van der Waals surface area contributed by atoms with Gasteiger partial charge in [-0.1, -0.05) is 0 Å². The molecule has 1 fully saturated rings. The summed E-state index contributed by atoms with van der Waals surface area (Å²) >= 11 is 0. The number of hydrazine groups is 1. The molecule has 0 saturated heterocycles. The third-order valence-corrected chi connectivity index (χ3v) is 3.36. The Hall–Kier alpha value is -2.08. The maximum absolute atomic E-state index is 5.47. The molecule has 6 heteroatoms. The number of anilines is 2. The largest absolute Gasteiger partial charge is 0.467 e. The number of nitrogens with one attached hydrogen (secondary N) is 1. The lowest BCUT2D eigenvalue weighted by atomic mass is 10.2. The zero-order valence-corrected chi connectivity index (χ0v) is 10.8. The number of nitrogens with two attached hydrogens (primary N) is 1. The summed E-state index contributed by atoms with van der Waals surface area (Å²) in [5.74, 6) is 7.99. The molecule has 6 nitrogen and oxygen atoms in total. The molecule has 2 aromatic rings. The number of nitrogens with zero attached hydrogens (tertiary/aromatic N) is 3. The van der Waals surface area contributed by atoms with E-state index in [9.17, 15) is 0 Å². The predicted molar refractivity (Wildman–Crippen MR) is 72.5 cm³/mol. The van der Waals surface area contributed by atoms with E-state index in [-0.39, 0.29) is 0 Å². The average Bonchev–Trinajstić information content (AvgIpc) is 3.14. The third-order valence-electron chi connectivity index (χ3n) is 3.36. The minimum Gasteiger partial charge on any atom is -0.467 e. The van der Waals surface area contributed by atoms with Crippen molar-refractivity contribution in [3.8, 4) is 0 Å². The first kappa shape index (κ1) is 12.0. The van der Waals surface area contributed by atoms with Crippen molar-refractivity contribution in [3.63, 3.8) is 0 Å². The molecular formula is C13H17N5O. The van der Waals surface area contributed by atoms with Gasteiger partial charge in [0.1, 0.15) is 23.7 Å². The van der Waals surface area contributed by atoms with E-state index in [0.717, 1.165) is 23.7 Å². The van der Waals surface area contributed by atoms with Gasteiger partial charge in [-0.05, 0) is 31.9 Å². The molecule has 0 spiro atoms. The Morgan fingerprint density at radius 1 is 1.47 bits per heavy atom. The number of rotatable bonds is 5. The van der Waals surface area contributed by atoms with E-state index in [1.165, 1.54) is 19.2 Å². The number of aromatic nitrogens is 2. The van der Waals surface area contributed by atoms with Crippen molar-refractivity contribution < 1.29 is 4.42 Å². The molecule has 0 aliphatic heterocycles. The van der Waals surface area contributed by atoms with Crippen LogP contribution in [-0.2, 0) is 6.54 Å². The molecule has 19 heavy (non-hydrogen) atoms. The van der Waals surface area contributed by atoms with Gasteiger partial charge in [-0.2, -0.15) is 0 Å². The Kier molecular flexibility index (Phi) is 3.08. The Bertz CT molecular complexity index is 550. The van der Waals surface area contributed by atoms with Crippen molar-refractivity contribution in [2.24, 2.45) is 5.84 Å². The monoisotopic (exact) mass is 259 g/mol. The second-order valence-electron chi connectivity index (χ2n) is 4.75. The van der Waals surface area contributed by atoms with Crippen LogP contribution in [0.4, 0.5) is 11.6 Å². The van der Waals surface area contributed by atoms with E-state index in [2.05, 4.69) is 20.3 Å². The molecule has 1 aliphatic rings. The average molecular weight is 259 g/mol. The van der Waals surface area contributed by atoms with E-state index >= 15 is 0 Å². The van der Waals surface area contributed by atoms with E-state index in [4.69, 9.17) is 10.3 Å². The van der Waals surface area contributed by atoms with E-state index in [1.807, 2.05) is 19.1 Å². The van der Waals surface area contributed by atoms with Gasteiger partial charge in [0.2, 0.25) is 0 Å². The van der Waals surface area contributed by atoms with Crippen molar-refractivity contribution in [1.82, 2.24) is 9.97 Å². The van der Waals surface area contributed by atoms with Crippen LogP contribution in [0.5, 0.6) is 0 Å². The first-order chi connectivity index (χ1) is 9.29. The van der Waals surface area contributed by atoms with Crippen molar-refractivity contribution in [2.45, 2.75) is 32.4 Å². The highest BCUT2D eigenvalue weighted by Crippen LogP contribution is 2.34. The molecule has 3 rings (SSSR count). The summed E-state index contributed by atoms with van der Waals surface area (Å²) in [6.45, 7) is 2.70. The maximum atomic E-state index is 5.47. The molecule has 2 heterocycles. The molecule has 0 atom stereocenters. The predicted octanol–water partition coefficient (Wildman–Crippen LogP) is 1.83. The van der Waals surface area contributed by atoms with Crippen LogP contribution in [0, 0.1) is 6.92 Å². The number of nitrogen functional groups attached to an aromatic ring is 1. The second-order valence-corrected chi connectivity index (χ2v) is 4.75. The van der Waals surface area contributed by atoms with Crippen molar-refractivity contribution in [2.75, 3.05) is 10.3 Å². The topological polar surface area (TPSA) is 80.2 Å². The van der Waals surface area contributed by atoms with Gasteiger partial charge in [0.25, 0.3) is 0 Å². The molecule has 100 valence electrons. The highest BCUT2D eigenvalue weighted by atomic mass is 16.3. The first-order valence-corrected chi connectivity index (χ1v) is 6.37. The van der Waals surface area contributed by atoms with Crippen molar-refractivity contribution >= 4 is 11.6 Å². The zero-order chi connectivity index (χ0) is 13.2. The van der Waals surface area contributed by atoms with Gasteiger partial charge in [0, 0.05) is 11.6 Å². The molecule has 0 radical (unpaired) electrons. The Balaban J connectivity index is 1.92. The summed E-state index contributed by atoms with van der Waals surface area (Å²) in [5.41, 5.74) is 3.57. The lowest BCUT2D eigenvalue weighted by molar-refractivity contribution is 0.500. The Morgan fingerprint density at radius 2 is 2.32 bits per heavy atom. The first-order valence-electron chi connectivity index (χ1n) is 6.37. The smallest absolute Gasteiger partial charge is 0.148 e. The summed E-state index contributed by atoms with van der Waals surface area (Å²) in [4.78, 5) is 10.8. The van der Waals surface area contributed by atoms with Crippen LogP contribution in [0.2, 0.25) is 0 Å². The fourth-order valence-corrected chi connectivity index (χ4v) is 2.21. The Morgan fingerprint density at radius 3 is 2.95 bits per heavy atom. The maximum Gasteiger partial charge on any atom is 0.148 e. The zero-order valence-electron chi connectivity index (χ0n) is 10.8. The van der Waals surface area contributed by atoms with Gasteiger partial charge >= 0.3 is 0 Å². The summed E-state index contributed by atoms with van der Waals surface area (Å²) in [6.07, 6.45) is 5.61. The highest BCUT2D eigenvalue weighted by Gasteiger charge is 2.32. The minimum absolute atomic E-state index is 0.532. The van der Waals surface area contributed by atoms with E-state index in [0.29, 0.717) is 11.9 Å². The van der Waals surface area contributed by atoms with Crippen LogP contribution in [0.1, 0.15) is 24.2 Å². The number of furan rings is 1. The van der Waals surface area contributed by atoms with Gasteiger partial charge in [-0.25, -0.2) is 15.8 Å². The summed E-state index contributed by atoms with van der Waals surface area (Å²) < 4.78 is 5.43. The fourth-order valence-electron chi connectivity index (χ4n) is 2.21. The summed E-state index contributed by atoms with van der Waals surface area (Å²) in [6, 6.07) is 4.41. The molecule has 0 bridgehead atoms. The molecule has 1 saturated carbocycles. The highest BCUT2D eigenvalue weighted by molar-refractivity contribution is 5.58. The number of hydrogen-bond acceptors (Lipinski definition) is 6. The summed E-state index contributed by atoms with van der Waals surface area (Å²) in [7, 11) is 0. The van der Waals surface area contributed by atoms with Crippen LogP contribution in [0.15, 0.2) is 29.1 Å². The molecule has 0 unspecified atom stereocenters. The van der Waals surface area contributed by atoms with Gasteiger partial charge in [0.05, 0.1) is 12.8 Å². The lowest BCUT2D eigenvalue weighted by Gasteiger charge is -2.24. The lowest BCUT2D eigenvalue weighted by Crippen LogP contribution is -2.27. The molecule has 3 N–H and O–H groups in total. The molecule has 0 amide bonds. The minimum atomic E-state index is 0.532. The molecular weight excluding hydrogens is 242 g/mol. The summed E-state index contributed by atoms with van der Waals surface area (Å²) in [5, 5.41) is 0. The quantitative estimate of drug-likeness (QED) is 0.630. The Labute approximate surface area is 111 Å². The van der Waals surface area contributed by atoms with Crippen LogP contribution >= 0.6 is 0 Å². The van der Waals surface area contributed by atoms with Crippen LogP contribution in [0.3, 0.4) is 0 Å². The third kappa shape index (κ3) is 2.39. The van der Waals surface area contributed by atoms with Crippen LogP contribution < -0.4 is 16.2 Å².